The number of hydrogen-bond acceptors (Lipinski definition) is 5. The summed E-state index contributed by atoms with van der Waals surface area (Å²) in [4.78, 5) is 12.1. The van der Waals surface area contributed by atoms with Crippen LogP contribution in [-0.2, 0) is 4.79 Å². The van der Waals surface area contributed by atoms with Gasteiger partial charge in [-0.2, -0.15) is 0 Å². The summed E-state index contributed by atoms with van der Waals surface area (Å²) in [5, 5.41) is 2.75. The topological polar surface area (TPSA) is 82.8 Å². The van der Waals surface area contributed by atoms with Gasteiger partial charge in [0.1, 0.15) is 0 Å². The predicted octanol–water partition coefficient (Wildman–Crippen LogP) is 1.78. The molecule has 6 nitrogen and oxygen atoms in total. The van der Waals surface area contributed by atoms with Gasteiger partial charge in [0.15, 0.2) is 11.5 Å². The summed E-state index contributed by atoms with van der Waals surface area (Å²) in [5.74, 6) is 1.14. The Morgan fingerprint density at radius 1 is 1.20 bits per heavy atom. The van der Waals surface area contributed by atoms with E-state index in [0.717, 1.165) is 0 Å². The van der Waals surface area contributed by atoms with Crippen LogP contribution in [0.15, 0.2) is 12.1 Å². The number of carbonyl (C=O) groups is 1. The Labute approximate surface area is 119 Å². The van der Waals surface area contributed by atoms with E-state index in [4.69, 9.17) is 19.9 Å². The highest BCUT2D eigenvalue weighted by Crippen LogP contribution is 2.40. The zero-order chi connectivity index (χ0) is 15.3. The maximum absolute atomic E-state index is 12.1. The van der Waals surface area contributed by atoms with Gasteiger partial charge in [0.25, 0.3) is 0 Å². The van der Waals surface area contributed by atoms with Crippen molar-refractivity contribution in [2.45, 2.75) is 25.8 Å². The quantitative estimate of drug-likeness (QED) is 0.831. The molecular weight excluding hydrogens is 260 g/mol. The Hall–Kier alpha value is -1.95. The van der Waals surface area contributed by atoms with E-state index in [1.807, 2.05) is 6.92 Å². The van der Waals surface area contributed by atoms with Gasteiger partial charge in [-0.15, -0.1) is 0 Å². The van der Waals surface area contributed by atoms with Gasteiger partial charge in [-0.3, -0.25) is 4.79 Å². The van der Waals surface area contributed by atoms with Crippen LogP contribution in [0.25, 0.3) is 0 Å². The van der Waals surface area contributed by atoms with Crippen molar-refractivity contribution in [1.29, 1.82) is 0 Å². The molecule has 0 radical (unpaired) electrons. The molecule has 112 valence electrons. The molecule has 1 amide bonds. The van der Waals surface area contributed by atoms with Crippen molar-refractivity contribution in [3.63, 3.8) is 0 Å². The molecule has 0 aromatic heterocycles. The molecule has 0 spiro atoms. The van der Waals surface area contributed by atoms with Crippen LogP contribution < -0.4 is 25.3 Å². The van der Waals surface area contributed by atoms with E-state index in [-0.39, 0.29) is 5.91 Å². The molecule has 1 rings (SSSR count). The molecule has 1 unspecified atom stereocenters. The number of methoxy groups -OCH3 is 3. The standard InChI is InChI=1S/C14H22N2O4/c1-6-14(2,15)13(17)16-9-7-10(18-3)12(20-5)11(8-9)19-4/h7-8H,6,15H2,1-5H3,(H,16,17). The first kappa shape index (κ1) is 16.1. The van der Waals surface area contributed by atoms with E-state index in [9.17, 15) is 4.79 Å². The van der Waals surface area contributed by atoms with Crippen LogP contribution in [0.5, 0.6) is 17.2 Å². The molecule has 0 heterocycles. The SMILES string of the molecule is CCC(C)(N)C(=O)Nc1cc(OC)c(OC)c(OC)c1. The number of ether oxygens (including phenoxy) is 3. The van der Waals surface area contributed by atoms with Crippen molar-refractivity contribution in [2.24, 2.45) is 5.73 Å². The minimum absolute atomic E-state index is 0.269. The molecule has 1 atom stereocenters. The number of rotatable bonds is 6. The second-order valence-corrected chi connectivity index (χ2v) is 4.64. The van der Waals surface area contributed by atoms with Gasteiger partial charge in [0, 0.05) is 17.8 Å². The van der Waals surface area contributed by atoms with Gasteiger partial charge in [-0.05, 0) is 13.3 Å². The summed E-state index contributed by atoms with van der Waals surface area (Å²) in [7, 11) is 4.55. The Balaban J connectivity index is 3.11. The molecule has 20 heavy (non-hydrogen) atoms. The van der Waals surface area contributed by atoms with E-state index in [1.54, 1.807) is 19.1 Å². The lowest BCUT2D eigenvalue weighted by Crippen LogP contribution is -2.47. The summed E-state index contributed by atoms with van der Waals surface area (Å²) in [6.45, 7) is 3.54. The number of hydrogen-bond donors (Lipinski definition) is 2. The number of nitrogens with two attached hydrogens (primary N) is 1. The molecule has 0 bridgehead atoms. The Kier molecular flexibility index (Phi) is 5.21. The maximum Gasteiger partial charge on any atom is 0.244 e. The first-order chi connectivity index (χ1) is 9.39. The van der Waals surface area contributed by atoms with Crippen molar-refractivity contribution in [3.8, 4) is 17.2 Å². The summed E-state index contributed by atoms with van der Waals surface area (Å²) >= 11 is 0. The summed E-state index contributed by atoms with van der Waals surface area (Å²) in [6, 6.07) is 3.32. The van der Waals surface area contributed by atoms with Crippen LogP contribution in [0.3, 0.4) is 0 Å². The van der Waals surface area contributed by atoms with E-state index in [2.05, 4.69) is 5.32 Å². The van der Waals surface area contributed by atoms with Crippen LogP contribution in [0.1, 0.15) is 20.3 Å². The van der Waals surface area contributed by atoms with Crippen molar-refractivity contribution >= 4 is 11.6 Å². The predicted molar refractivity (Wildman–Crippen MR) is 77.6 cm³/mol. The average molecular weight is 282 g/mol. The lowest BCUT2D eigenvalue weighted by molar-refractivity contribution is -0.120. The monoisotopic (exact) mass is 282 g/mol. The highest BCUT2D eigenvalue weighted by atomic mass is 16.5. The minimum atomic E-state index is -0.930. The van der Waals surface area contributed by atoms with Crippen LogP contribution in [0.4, 0.5) is 5.69 Å². The van der Waals surface area contributed by atoms with E-state index >= 15 is 0 Å². The smallest absolute Gasteiger partial charge is 0.244 e. The number of anilines is 1. The lowest BCUT2D eigenvalue weighted by atomic mass is 9.99. The molecule has 0 aliphatic carbocycles. The van der Waals surface area contributed by atoms with Gasteiger partial charge >= 0.3 is 0 Å². The van der Waals surface area contributed by atoms with Gasteiger partial charge < -0.3 is 25.3 Å². The second-order valence-electron chi connectivity index (χ2n) is 4.64. The van der Waals surface area contributed by atoms with Crippen LogP contribution in [0, 0.1) is 0 Å². The fraction of sp³-hybridized carbons (Fsp3) is 0.500. The van der Waals surface area contributed by atoms with E-state index in [1.165, 1.54) is 21.3 Å². The number of amides is 1. The van der Waals surface area contributed by atoms with Crippen molar-refractivity contribution in [1.82, 2.24) is 0 Å². The fourth-order valence-electron chi connectivity index (χ4n) is 1.59. The van der Waals surface area contributed by atoms with Crippen molar-refractivity contribution in [3.05, 3.63) is 12.1 Å². The first-order valence-corrected chi connectivity index (χ1v) is 6.30. The van der Waals surface area contributed by atoms with Gasteiger partial charge in [0.05, 0.1) is 26.9 Å². The molecule has 0 aliphatic heterocycles. The molecule has 1 aromatic carbocycles. The third kappa shape index (κ3) is 3.33. The Morgan fingerprint density at radius 2 is 1.70 bits per heavy atom. The highest BCUT2D eigenvalue weighted by molar-refractivity contribution is 5.98. The third-order valence-electron chi connectivity index (χ3n) is 3.18. The van der Waals surface area contributed by atoms with Crippen molar-refractivity contribution in [2.75, 3.05) is 26.6 Å². The summed E-state index contributed by atoms with van der Waals surface area (Å²) in [5.41, 5.74) is 5.51. The molecular formula is C14H22N2O4. The lowest BCUT2D eigenvalue weighted by Gasteiger charge is -2.22. The molecule has 0 aliphatic rings. The van der Waals surface area contributed by atoms with Crippen LogP contribution in [0.2, 0.25) is 0 Å². The molecule has 3 N–H and O–H groups in total. The zero-order valence-electron chi connectivity index (χ0n) is 12.6. The van der Waals surface area contributed by atoms with E-state index < -0.39 is 5.54 Å². The number of benzene rings is 1. The van der Waals surface area contributed by atoms with E-state index in [0.29, 0.717) is 29.4 Å². The summed E-state index contributed by atoms with van der Waals surface area (Å²) < 4.78 is 15.7. The molecule has 0 saturated carbocycles. The van der Waals surface area contributed by atoms with Gasteiger partial charge in [-0.25, -0.2) is 0 Å². The Morgan fingerprint density at radius 3 is 2.05 bits per heavy atom. The molecule has 0 saturated heterocycles. The zero-order valence-corrected chi connectivity index (χ0v) is 12.6. The second kappa shape index (κ2) is 6.47. The van der Waals surface area contributed by atoms with Crippen LogP contribution >= 0.6 is 0 Å². The van der Waals surface area contributed by atoms with Crippen molar-refractivity contribution < 1.29 is 19.0 Å². The van der Waals surface area contributed by atoms with Crippen LogP contribution in [-0.4, -0.2) is 32.8 Å². The number of nitrogens with one attached hydrogen (secondary N) is 1. The normalized spacial score (nSPS) is 13.3. The highest BCUT2D eigenvalue weighted by Gasteiger charge is 2.26. The number of carbonyl (C=O) groups excluding carboxylic acids is 1. The maximum atomic E-state index is 12.1. The first-order valence-electron chi connectivity index (χ1n) is 6.30. The van der Waals surface area contributed by atoms with Gasteiger partial charge in [0.2, 0.25) is 11.7 Å². The van der Waals surface area contributed by atoms with Gasteiger partial charge in [-0.1, -0.05) is 6.92 Å². The molecule has 0 fully saturated rings. The largest absolute Gasteiger partial charge is 0.493 e. The summed E-state index contributed by atoms with van der Waals surface area (Å²) in [6.07, 6.45) is 0.531. The fourth-order valence-corrected chi connectivity index (χ4v) is 1.59. The molecule has 1 aromatic rings. The molecule has 6 heteroatoms. The minimum Gasteiger partial charge on any atom is -0.493 e. The average Bonchev–Trinajstić information content (AvgIpc) is 2.45. The third-order valence-corrected chi connectivity index (χ3v) is 3.18. The Bertz CT molecular complexity index is 461.